The molecule has 2 unspecified atom stereocenters. The van der Waals surface area contributed by atoms with Gasteiger partial charge in [0.1, 0.15) is 6.10 Å². The van der Waals surface area contributed by atoms with Crippen molar-refractivity contribution in [2.75, 3.05) is 0 Å². The maximum Gasteiger partial charge on any atom is 0.354 e. The van der Waals surface area contributed by atoms with Crippen LogP contribution in [0.3, 0.4) is 0 Å². The molecule has 0 saturated carbocycles. The van der Waals surface area contributed by atoms with E-state index in [1.807, 2.05) is 38.1 Å². The van der Waals surface area contributed by atoms with Gasteiger partial charge in [0.15, 0.2) is 0 Å². The van der Waals surface area contributed by atoms with Gasteiger partial charge in [0.2, 0.25) is 0 Å². The van der Waals surface area contributed by atoms with Crippen LogP contribution in [0.2, 0.25) is 5.02 Å². The molecule has 2 aromatic rings. The van der Waals surface area contributed by atoms with Gasteiger partial charge in [-0.1, -0.05) is 72.1 Å². The molecule has 1 N–H and O–H groups in total. The summed E-state index contributed by atoms with van der Waals surface area (Å²) in [4.78, 5) is 17.9. The number of carbonyl (C=O) groups is 1. The first-order valence-corrected chi connectivity index (χ1v) is 9.72. The Bertz CT molecular complexity index is 848. The fraction of sp³-hybridized carbons (Fsp3) is 0.364. The summed E-state index contributed by atoms with van der Waals surface area (Å²) in [6, 6.07) is 14.9. The van der Waals surface area contributed by atoms with E-state index in [0.29, 0.717) is 17.0 Å². The van der Waals surface area contributed by atoms with Crippen molar-refractivity contribution in [2.45, 2.75) is 51.4 Å². The summed E-state index contributed by atoms with van der Waals surface area (Å²) in [6.07, 6.45) is 0.924. The predicted molar refractivity (Wildman–Crippen MR) is 109 cm³/mol. The minimum Gasteiger partial charge on any atom is -0.478 e. The van der Waals surface area contributed by atoms with Crippen molar-refractivity contribution in [3.63, 3.8) is 0 Å². The first kappa shape index (κ1) is 20.4. The van der Waals surface area contributed by atoms with Crippen LogP contribution < -0.4 is 0 Å². The Morgan fingerprint density at radius 3 is 2.54 bits per heavy atom. The summed E-state index contributed by atoms with van der Waals surface area (Å²) in [5, 5.41) is 14.7. The van der Waals surface area contributed by atoms with Crippen LogP contribution in [0.5, 0.6) is 0 Å². The Hall–Kier alpha value is -2.37. The number of hydrogen-bond acceptors (Lipinski definition) is 4. The summed E-state index contributed by atoms with van der Waals surface area (Å²) in [7, 11) is 0. The molecule has 3 rings (SSSR count). The number of carboxylic acids is 1. The molecular formula is C22H24ClNO4. The lowest BCUT2D eigenvalue weighted by molar-refractivity contribution is -0.187. The molecule has 0 aromatic heterocycles. The molecule has 0 radical (unpaired) electrons. The molecule has 6 heteroatoms. The molecular weight excluding hydrogens is 378 g/mol. The van der Waals surface area contributed by atoms with Crippen molar-refractivity contribution >= 4 is 23.3 Å². The van der Waals surface area contributed by atoms with Crippen LogP contribution in [0.1, 0.15) is 49.0 Å². The molecule has 2 aromatic carbocycles. The summed E-state index contributed by atoms with van der Waals surface area (Å²) in [5.41, 5.74) is 1.94. The number of halogens is 1. The first-order chi connectivity index (χ1) is 13.4. The van der Waals surface area contributed by atoms with E-state index in [1.54, 1.807) is 24.3 Å². The highest BCUT2D eigenvalue weighted by Gasteiger charge is 2.54. The number of carboxylic acid groups (broad SMARTS) is 1. The molecule has 0 spiro atoms. The number of aliphatic carboxylic acids is 1. The standard InChI is InChI=1S/C22H24ClNO4/c1-3-4-19-13-22(21(25)26,28-24-19)20(17-9-11-18(23)12-10-17)27-14-16-7-5-15(2)6-8-16/h5-12,20H,3-4,13-14H2,1-2H3,(H,25,26). The molecule has 148 valence electrons. The molecule has 2 atom stereocenters. The van der Waals surface area contributed by atoms with Crippen molar-refractivity contribution in [3.8, 4) is 0 Å². The van der Waals surface area contributed by atoms with Gasteiger partial charge < -0.3 is 14.7 Å². The lowest BCUT2D eigenvalue weighted by atomic mass is 9.85. The van der Waals surface area contributed by atoms with Crippen LogP contribution >= 0.6 is 11.6 Å². The Kier molecular flexibility index (Phi) is 6.37. The van der Waals surface area contributed by atoms with Gasteiger partial charge in [-0.25, -0.2) is 4.79 Å². The molecule has 0 fully saturated rings. The SMILES string of the molecule is CCCC1=NOC(C(=O)O)(C(OCc2ccc(C)cc2)c2ccc(Cl)cc2)C1. The molecule has 1 aliphatic heterocycles. The number of rotatable bonds is 8. The first-order valence-electron chi connectivity index (χ1n) is 9.34. The van der Waals surface area contributed by atoms with E-state index >= 15 is 0 Å². The molecule has 1 aliphatic rings. The van der Waals surface area contributed by atoms with Crippen LogP contribution in [0.25, 0.3) is 0 Å². The van der Waals surface area contributed by atoms with Crippen molar-refractivity contribution in [1.82, 2.24) is 0 Å². The van der Waals surface area contributed by atoms with E-state index in [2.05, 4.69) is 5.16 Å². The van der Waals surface area contributed by atoms with Crippen LogP contribution in [-0.4, -0.2) is 22.4 Å². The third-order valence-corrected chi connectivity index (χ3v) is 5.09. The lowest BCUT2D eigenvalue weighted by Crippen LogP contribution is -2.46. The lowest BCUT2D eigenvalue weighted by Gasteiger charge is -2.31. The second-order valence-electron chi connectivity index (χ2n) is 7.10. The second kappa shape index (κ2) is 8.76. The topological polar surface area (TPSA) is 68.1 Å². The second-order valence-corrected chi connectivity index (χ2v) is 7.53. The monoisotopic (exact) mass is 401 g/mol. The van der Waals surface area contributed by atoms with Gasteiger partial charge in [-0.3, -0.25) is 0 Å². The molecule has 0 amide bonds. The van der Waals surface area contributed by atoms with E-state index in [-0.39, 0.29) is 13.0 Å². The Labute approximate surface area is 169 Å². The smallest absolute Gasteiger partial charge is 0.354 e. The van der Waals surface area contributed by atoms with Gasteiger partial charge in [-0.2, -0.15) is 0 Å². The Balaban J connectivity index is 1.91. The molecule has 28 heavy (non-hydrogen) atoms. The van der Waals surface area contributed by atoms with Crippen molar-refractivity contribution < 1.29 is 19.5 Å². The maximum absolute atomic E-state index is 12.3. The summed E-state index contributed by atoms with van der Waals surface area (Å²) in [6.45, 7) is 4.29. The predicted octanol–water partition coefficient (Wildman–Crippen LogP) is 5.31. The number of aryl methyl sites for hydroxylation is 1. The maximum atomic E-state index is 12.3. The molecule has 0 aliphatic carbocycles. The van der Waals surface area contributed by atoms with Gasteiger partial charge in [-0.05, 0) is 36.6 Å². The zero-order valence-corrected chi connectivity index (χ0v) is 16.8. The van der Waals surface area contributed by atoms with Gasteiger partial charge in [-0.15, -0.1) is 0 Å². The number of hydrogen-bond donors (Lipinski definition) is 1. The van der Waals surface area contributed by atoms with Gasteiger partial charge >= 0.3 is 5.97 Å². The third kappa shape index (κ3) is 4.37. The number of nitrogens with zero attached hydrogens (tertiary/aromatic N) is 1. The van der Waals surface area contributed by atoms with Crippen LogP contribution in [0.4, 0.5) is 0 Å². The molecule has 0 saturated heterocycles. The molecule has 0 bridgehead atoms. The fourth-order valence-electron chi connectivity index (χ4n) is 3.31. The van der Waals surface area contributed by atoms with Gasteiger partial charge in [0, 0.05) is 11.4 Å². The largest absolute Gasteiger partial charge is 0.478 e. The summed E-state index contributed by atoms with van der Waals surface area (Å²) < 4.78 is 6.15. The average molecular weight is 402 g/mol. The van der Waals surface area contributed by atoms with E-state index in [9.17, 15) is 9.90 Å². The quantitative estimate of drug-likeness (QED) is 0.651. The number of oxime groups is 1. The minimum atomic E-state index is -1.59. The normalized spacial score (nSPS) is 19.8. The van der Waals surface area contributed by atoms with Crippen molar-refractivity contribution in [3.05, 3.63) is 70.2 Å². The van der Waals surface area contributed by atoms with Crippen molar-refractivity contribution in [2.24, 2.45) is 5.16 Å². The highest BCUT2D eigenvalue weighted by atomic mass is 35.5. The fourth-order valence-corrected chi connectivity index (χ4v) is 3.43. The van der Waals surface area contributed by atoms with E-state index in [1.165, 1.54) is 0 Å². The van der Waals surface area contributed by atoms with Crippen LogP contribution in [-0.2, 0) is 21.0 Å². The van der Waals surface area contributed by atoms with Crippen molar-refractivity contribution in [1.29, 1.82) is 0 Å². The number of benzene rings is 2. The highest BCUT2D eigenvalue weighted by molar-refractivity contribution is 6.30. The summed E-state index contributed by atoms with van der Waals surface area (Å²) in [5.74, 6) is -1.09. The Morgan fingerprint density at radius 2 is 1.93 bits per heavy atom. The molecule has 1 heterocycles. The van der Waals surface area contributed by atoms with Crippen LogP contribution in [0.15, 0.2) is 53.7 Å². The zero-order valence-electron chi connectivity index (χ0n) is 16.0. The van der Waals surface area contributed by atoms with E-state index < -0.39 is 17.7 Å². The minimum absolute atomic E-state index is 0.192. The summed E-state index contributed by atoms with van der Waals surface area (Å²) >= 11 is 6.01. The van der Waals surface area contributed by atoms with Gasteiger partial charge in [0.05, 0.1) is 12.3 Å². The van der Waals surface area contributed by atoms with E-state index in [0.717, 1.165) is 23.3 Å². The van der Waals surface area contributed by atoms with Crippen LogP contribution in [0, 0.1) is 6.92 Å². The van der Waals surface area contributed by atoms with Gasteiger partial charge in [0.25, 0.3) is 5.60 Å². The molecule has 5 nitrogen and oxygen atoms in total. The highest BCUT2D eigenvalue weighted by Crippen LogP contribution is 2.41. The third-order valence-electron chi connectivity index (χ3n) is 4.84. The zero-order chi connectivity index (χ0) is 20.1. The average Bonchev–Trinajstić information content (AvgIpc) is 3.10. The Morgan fingerprint density at radius 1 is 1.25 bits per heavy atom. The number of ether oxygens (including phenoxy) is 1. The van der Waals surface area contributed by atoms with E-state index in [4.69, 9.17) is 21.2 Å².